The molecule has 0 aliphatic rings. The van der Waals surface area contributed by atoms with Crippen molar-refractivity contribution in [2.24, 2.45) is 0 Å². The summed E-state index contributed by atoms with van der Waals surface area (Å²) in [5.41, 5.74) is 1.03. The third kappa shape index (κ3) is 4.30. The number of nitro benzene ring substituents is 1. The highest BCUT2D eigenvalue weighted by Gasteiger charge is 2.20. The molecule has 0 spiro atoms. The summed E-state index contributed by atoms with van der Waals surface area (Å²) in [5, 5.41) is 21.9. The number of ether oxygens (including phenoxy) is 1. The fraction of sp³-hybridized carbons (Fsp3) is 0.143. The van der Waals surface area contributed by atoms with Crippen molar-refractivity contribution in [3.05, 3.63) is 75.8 Å². The van der Waals surface area contributed by atoms with Gasteiger partial charge in [0.2, 0.25) is 0 Å². The van der Waals surface area contributed by atoms with Crippen molar-refractivity contribution < 1.29 is 9.66 Å². The van der Waals surface area contributed by atoms with Crippen molar-refractivity contribution in [1.82, 2.24) is 14.8 Å². The van der Waals surface area contributed by atoms with E-state index in [0.29, 0.717) is 23.1 Å². The van der Waals surface area contributed by atoms with Crippen LogP contribution in [0.4, 0.5) is 5.69 Å². The van der Waals surface area contributed by atoms with E-state index in [1.807, 2.05) is 22.8 Å². The average Bonchev–Trinajstić information content (AvgIpc) is 3.32. The maximum absolute atomic E-state index is 10.8. The summed E-state index contributed by atoms with van der Waals surface area (Å²) in [6.45, 7) is 4.37. The summed E-state index contributed by atoms with van der Waals surface area (Å²) in [6.07, 6.45) is 1.78. The number of allylic oxidation sites excluding steroid dienone is 1. The van der Waals surface area contributed by atoms with Crippen LogP contribution in [0.5, 0.6) is 5.75 Å². The van der Waals surface area contributed by atoms with Crippen LogP contribution in [-0.4, -0.2) is 26.8 Å². The van der Waals surface area contributed by atoms with E-state index >= 15 is 0 Å². The summed E-state index contributed by atoms with van der Waals surface area (Å²) >= 11 is 9.72. The highest BCUT2D eigenvalue weighted by molar-refractivity contribution is 7.98. The lowest BCUT2D eigenvalue weighted by atomic mass is 10.2. The van der Waals surface area contributed by atoms with Gasteiger partial charge in [-0.25, -0.2) is 0 Å². The number of hydrogen-bond donors (Lipinski definition) is 0. The summed E-state index contributed by atoms with van der Waals surface area (Å²) in [5.74, 6) is 2.05. The fourth-order valence-corrected chi connectivity index (χ4v) is 5.48. The topological polar surface area (TPSA) is 83.1 Å². The summed E-state index contributed by atoms with van der Waals surface area (Å²) in [4.78, 5) is 11.3. The van der Waals surface area contributed by atoms with Crippen LogP contribution < -0.4 is 4.74 Å². The highest BCUT2D eigenvalue weighted by atomic mass is 35.5. The number of methoxy groups -OCH3 is 1. The molecule has 31 heavy (non-hydrogen) atoms. The molecule has 2 aromatic carbocycles. The molecule has 2 aromatic heterocycles. The van der Waals surface area contributed by atoms with Crippen molar-refractivity contribution in [2.45, 2.75) is 17.5 Å². The minimum atomic E-state index is -0.408. The van der Waals surface area contributed by atoms with Crippen LogP contribution in [0.1, 0.15) is 5.56 Å². The number of hydrogen-bond acceptors (Lipinski definition) is 7. The first kappa shape index (κ1) is 21.4. The van der Waals surface area contributed by atoms with Gasteiger partial charge in [0.1, 0.15) is 5.75 Å². The van der Waals surface area contributed by atoms with Crippen molar-refractivity contribution in [3.8, 4) is 16.5 Å². The summed E-state index contributed by atoms with van der Waals surface area (Å²) in [7, 11) is 1.63. The second kappa shape index (κ2) is 9.09. The Morgan fingerprint density at radius 3 is 2.74 bits per heavy atom. The van der Waals surface area contributed by atoms with Gasteiger partial charge in [0.15, 0.2) is 11.0 Å². The van der Waals surface area contributed by atoms with E-state index < -0.39 is 4.92 Å². The van der Waals surface area contributed by atoms with E-state index in [4.69, 9.17) is 16.3 Å². The number of rotatable bonds is 8. The lowest BCUT2D eigenvalue weighted by Gasteiger charge is -2.07. The number of non-ortho nitro benzene ring substituents is 1. The van der Waals surface area contributed by atoms with Gasteiger partial charge in [-0.15, -0.1) is 28.1 Å². The lowest BCUT2D eigenvalue weighted by molar-refractivity contribution is -0.384. The van der Waals surface area contributed by atoms with Gasteiger partial charge < -0.3 is 4.74 Å². The van der Waals surface area contributed by atoms with Crippen LogP contribution >= 0.6 is 34.7 Å². The van der Waals surface area contributed by atoms with Gasteiger partial charge in [-0.05, 0) is 23.8 Å². The van der Waals surface area contributed by atoms with E-state index in [2.05, 4.69) is 16.8 Å². The molecule has 2 heterocycles. The number of thioether (sulfide) groups is 1. The Hall–Kier alpha value is -2.88. The van der Waals surface area contributed by atoms with Crippen LogP contribution in [-0.2, 0) is 12.3 Å². The number of thiophene rings is 1. The zero-order chi connectivity index (χ0) is 22.0. The maximum atomic E-state index is 10.8. The molecule has 0 aliphatic carbocycles. The van der Waals surface area contributed by atoms with Gasteiger partial charge in [-0.2, -0.15) is 0 Å². The number of nitrogens with zero attached hydrogens (tertiary/aromatic N) is 4. The molecule has 0 unspecified atom stereocenters. The fourth-order valence-electron chi connectivity index (χ4n) is 3.04. The van der Waals surface area contributed by atoms with Gasteiger partial charge in [-0.3, -0.25) is 14.7 Å². The van der Waals surface area contributed by atoms with Crippen LogP contribution in [0, 0.1) is 10.1 Å². The molecular weight excluding hydrogens is 456 g/mol. The van der Waals surface area contributed by atoms with Crippen molar-refractivity contribution in [3.63, 3.8) is 0 Å². The molecule has 0 saturated carbocycles. The Bertz CT molecular complexity index is 1270. The molecule has 0 bridgehead atoms. The van der Waals surface area contributed by atoms with Gasteiger partial charge in [0, 0.05) is 34.5 Å². The van der Waals surface area contributed by atoms with E-state index in [0.717, 1.165) is 31.4 Å². The quantitative estimate of drug-likeness (QED) is 0.131. The smallest absolute Gasteiger partial charge is 0.269 e. The molecule has 158 valence electrons. The molecule has 0 N–H and O–H groups in total. The van der Waals surface area contributed by atoms with E-state index in [1.54, 1.807) is 25.3 Å². The molecule has 0 fully saturated rings. The zero-order valence-electron chi connectivity index (χ0n) is 16.4. The Labute approximate surface area is 191 Å². The van der Waals surface area contributed by atoms with Gasteiger partial charge >= 0.3 is 0 Å². The Balaban J connectivity index is 1.64. The van der Waals surface area contributed by atoms with Gasteiger partial charge in [0.25, 0.3) is 5.69 Å². The third-order valence-electron chi connectivity index (χ3n) is 4.58. The molecule has 0 radical (unpaired) electrons. The number of benzene rings is 2. The minimum Gasteiger partial charge on any atom is -0.497 e. The summed E-state index contributed by atoms with van der Waals surface area (Å²) < 4.78 is 8.29. The lowest BCUT2D eigenvalue weighted by Crippen LogP contribution is -2.00. The second-order valence-corrected chi connectivity index (χ2v) is 8.90. The average molecular weight is 473 g/mol. The van der Waals surface area contributed by atoms with Crippen LogP contribution in [0.3, 0.4) is 0 Å². The largest absolute Gasteiger partial charge is 0.497 e. The van der Waals surface area contributed by atoms with E-state index in [1.165, 1.54) is 35.2 Å². The first-order valence-corrected chi connectivity index (χ1v) is 11.4. The Kier molecular flexibility index (Phi) is 6.26. The molecule has 0 aliphatic heterocycles. The van der Waals surface area contributed by atoms with Crippen LogP contribution in [0.15, 0.2) is 60.3 Å². The van der Waals surface area contributed by atoms with Crippen molar-refractivity contribution in [2.75, 3.05) is 7.11 Å². The van der Waals surface area contributed by atoms with Crippen LogP contribution in [0.2, 0.25) is 5.02 Å². The van der Waals surface area contributed by atoms with E-state index in [9.17, 15) is 10.1 Å². The van der Waals surface area contributed by atoms with Crippen molar-refractivity contribution >= 4 is 50.5 Å². The highest BCUT2D eigenvalue weighted by Crippen LogP contribution is 2.43. The Morgan fingerprint density at radius 1 is 1.29 bits per heavy atom. The molecule has 4 aromatic rings. The number of nitro groups is 1. The monoisotopic (exact) mass is 472 g/mol. The molecule has 4 rings (SSSR count). The first-order valence-electron chi connectivity index (χ1n) is 9.18. The second-order valence-electron chi connectivity index (χ2n) is 6.52. The number of fused-ring (bicyclic) bond motifs is 1. The van der Waals surface area contributed by atoms with Crippen LogP contribution in [0.25, 0.3) is 20.8 Å². The Morgan fingerprint density at radius 2 is 2.06 bits per heavy atom. The van der Waals surface area contributed by atoms with E-state index in [-0.39, 0.29) is 5.69 Å². The molecule has 0 amide bonds. The normalized spacial score (nSPS) is 11.0. The number of halogens is 1. The molecule has 0 atom stereocenters. The zero-order valence-corrected chi connectivity index (χ0v) is 18.8. The molecule has 0 saturated heterocycles. The van der Waals surface area contributed by atoms with Gasteiger partial charge in [-0.1, -0.05) is 41.6 Å². The minimum absolute atomic E-state index is 0.0712. The van der Waals surface area contributed by atoms with Gasteiger partial charge in [0.05, 0.1) is 21.9 Å². The predicted molar refractivity (Wildman–Crippen MR) is 125 cm³/mol. The molecular formula is C21H17ClN4O3S2. The molecule has 10 heteroatoms. The number of aromatic nitrogens is 3. The standard InChI is InChI=1S/C21H17ClN4O3S2/c1-3-10-25-20(19-18(22)16-9-8-15(29-2)11-17(16)31-19)23-24-21(25)30-12-13-4-6-14(7-5-13)26(27)28/h3-9,11H,1,10,12H2,2H3. The predicted octanol–water partition coefficient (Wildman–Crippen LogP) is 6.21. The molecule has 7 nitrogen and oxygen atoms in total. The first-order chi connectivity index (χ1) is 15.0. The third-order valence-corrected chi connectivity index (χ3v) is 7.27. The SMILES string of the molecule is C=CCn1c(SCc2ccc([N+](=O)[O-])cc2)nnc1-c1sc2cc(OC)ccc2c1Cl. The maximum Gasteiger partial charge on any atom is 0.269 e. The summed E-state index contributed by atoms with van der Waals surface area (Å²) in [6, 6.07) is 12.3. The van der Waals surface area contributed by atoms with Crippen molar-refractivity contribution in [1.29, 1.82) is 0 Å².